The van der Waals surface area contributed by atoms with E-state index in [1.807, 2.05) is 0 Å². The van der Waals surface area contributed by atoms with E-state index in [-0.39, 0.29) is 17.5 Å². The van der Waals surface area contributed by atoms with Crippen molar-refractivity contribution in [3.8, 4) is 11.7 Å². The second-order valence-electron chi connectivity index (χ2n) is 4.15. The number of hydrogen-bond acceptors (Lipinski definition) is 6. The number of carboxylic acid groups (broad SMARTS) is 1. The van der Waals surface area contributed by atoms with E-state index < -0.39 is 31.8 Å². The Morgan fingerprint density at radius 1 is 1.43 bits per heavy atom. The lowest BCUT2D eigenvalue weighted by atomic mass is 10.4. The average Bonchev–Trinajstić information content (AvgIpc) is 2.94. The molecule has 0 bridgehead atoms. The third-order valence-corrected chi connectivity index (χ3v) is 2.33. The lowest BCUT2D eigenvalue weighted by Crippen LogP contribution is -2.37. The minimum absolute atomic E-state index is 0.0114. The van der Waals surface area contributed by atoms with Crippen molar-refractivity contribution in [1.82, 2.24) is 15.0 Å². The van der Waals surface area contributed by atoms with Crippen LogP contribution in [-0.2, 0) is 11.3 Å². The molecule has 0 atom stereocenters. The van der Waals surface area contributed by atoms with E-state index in [1.54, 1.807) is 12.1 Å². The highest BCUT2D eigenvalue weighted by molar-refractivity contribution is 5.69. The Balaban J connectivity index is 2.07. The predicted molar refractivity (Wildman–Crippen MR) is 61.0 cm³/mol. The van der Waals surface area contributed by atoms with E-state index in [9.17, 15) is 18.0 Å². The van der Waals surface area contributed by atoms with Gasteiger partial charge in [0.2, 0.25) is 0 Å². The highest BCUT2D eigenvalue weighted by Crippen LogP contribution is 2.20. The van der Waals surface area contributed by atoms with Crippen LogP contribution in [0, 0.1) is 0 Å². The van der Waals surface area contributed by atoms with Gasteiger partial charge in [-0.3, -0.25) is 9.69 Å². The van der Waals surface area contributed by atoms with Crippen LogP contribution in [0.15, 0.2) is 27.3 Å². The summed E-state index contributed by atoms with van der Waals surface area (Å²) in [6, 6.07) is 3.13. The van der Waals surface area contributed by atoms with Crippen molar-refractivity contribution < 1.29 is 32.0 Å². The number of halogens is 3. The minimum Gasteiger partial charge on any atom is -0.480 e. The van der Waals surface area contributed by atoms with Crippen LogP contribution in [0.2, 0.25) is 0 Å². The molecule has 0 aliphatic heterocycles. The van der Waals surface area contributed by atoms with Crippen LogP contribution in [0.5, 0.6) is 0 Å². The fourth-order valence-corrected chi connectivity index (χ4v) is 1.63. The standard InChI is InChI=1S/C11H10F3N3O4/c12-11(13,14)6-17(5-9(18)19)4-8-15-10(21-16-8)7-2-1-3-20-7/h1-3H,4-6H2,(H,18,19). The predicted octanol–water partition coefficient (Wildman–Crippen LogP) is 1.78. The van der Waals surface area contributed by atoms with E-state index in [4.69, 9.17) is 14.0 Å². The molecule has 2 aromatic rings. The number of alkyl halides is 3. The Morgan fingerprint density at radius 2 is 2.19 bits per heavy atom. The summed E-state index contributed by atoms with van der Waals surface area (Å²) in [4.78, 5) is 15.1. The van der Waals surface area contributed by atoms with E-state index >= 15 is 0 Å². The zero-order chi connectivity index (χ0) is 15.5. The number of carboxylic acids is 1. The summed E-state index contributed by atoms with van der Waals surface area (Å²) in [7, 11) is 0. The fourth-order valence-electron chi connectivity index (χ4n) is 1.63. The molecule has 1 N–H and O–H groups in total. The summed E-state index contributed by atoms with van der Waals surface area (Å²) >= 11 is 0. The molecule has 0 aliphatic carbocycles. The smallest absolute Gasteiger partial charge is 0.401 e. The number of carbonyl (C=O) groups is 1. The molecule has 0 fully saturated rings. The van der Waals surface area contributed by atoms with Crippen LogP contribution >= 0.6 is 0 Å². The van der Waals surface area contributed by atoms with Gasteiger partial charge in [-0.05, 0) is 12.1 Å². The van der Waals surface area contributed by atoms with Crippen molar-refractivity contribution in [1.29, 1.82) is 0 Å². The molecule has 114 valence electrons. The number of hydrogen-bond donors (Lipinski definition) is 1. The quantitative estimate of drug-likeness (QED) is 0.869. The molecular formula is C11H10F3N3O4. The molecule has 0 saturated carbocycles. The van der Waals surface area contributed by atoms with Crippen molar-refractivity contribution >= 4 is 5.97 Å². The first-order valence-corrected chi connectivity index (χ1v) is 5.71. The molecular weight excluding hydrogens is 295 g/mol. The summed E-state index contributed by atoms with van der Waals surface area (Å²) < 4.78 is 47.0. The van der Waals surface area contributed by atoms with Gasteiger partial charge < -0.3 is 14.0 Å². The van der Waals surface area contributed by atoms with Gasteiger partial charge in [0.15, 0.2) is 11.6 Å². The van der Waals surface area contributed by atoms with Crippen LogP contribution < -0.4 is 0 Å². The SMILES string of the molecule is O=C(O)CN(Cc1noc(-c2ccco2)n1)CC(F)(F)F. The van der Waals surface area contributed by atoms with Crippen molar-refractivity contribution in [3.05, 3.63) is 24.2 Å². The number of aromatic nitrogens is 2. The topological polar surface area (TPSA) is 92.6 Å². The molecule has 0 unspecified atom stereocenters. The van der Waals surface area contributed by atoms with Crippen LogP contribution in [0.1, 0.15) is 5.82 Å². The Bertz CT molecular complexity index is 594. The van der Waals surface area contributed by atoms with Crippen LogP contribution in [0.3, 0.4) is 0 Å². The van der Waals surface area contributed by atoms with Crippen LogP contribution in [0.4, 0.5) is 13.2 Å². The monoisotopic (exact) mass is 305 g/mol. The van der Waals surface area contributed by atoms with Gasteiger partial charge in [0.05, 0.1) is 25.9 Å². The number of nitrogens with zero attached hydrogens (tertiary/aromatic N) is 3. The van der Waals surface area contributed by atoms with E-state index in [2.05, 4.69) is 10.1 Å². The number of furan rings is 1. The van der Waals surface area contributed by atoms with Gasteiger partial charge >= 0.3 is 12.1 Å². The molecule has 2 rings (SSSR count). The van der Waals surface area contributed by atoms with Gasteiger partial charge in [-0.1, -0.05) is 5.16 Å². The zero-order valence-electron chi connectivity index (χ0n) is 10.5. The van der Waals surface area contributed by atoms with E-state index in [1.165, 1.54) is 6.26 Å². The maximum atomic E-state index is 12.4. The Kier molecular flexibility index (Phi) is 4.26. The molecule has 21 heavy (non-hydrogen) atoms. The van der Waals surface area contributed by atoms with Crippen molar-refractivity contribution in [2.24, 2.45) is 0 Å². The van der Waals surface area contributed by atoms with Gasteiger partial charge in [-0.25, -0.2) is 0 Å². The first-order chi connectivity index (χ1) is 9.83. The molecule has 0 saturated heterocycles. The van der Waals surface area contributed by atoms with Gasteiger partial charge in [-0.2, -0.15) is 18.2 Å². The summed E-state index contributed by atoms with van der Waals surface area (Å²) in [5, 5.41) is 12.1. The molecule has 0 radical (unpaired) electrons. The maximum Gasteiger partial charge on any atom is 0.401 e. The highest BCUT2D eigenvalue weighted by atomic mass is 19.4. The highest BCUT2D eigenvalue weighted by Gasteiger charge is 2.32. The second kappa shape index (κ2) is 5.95. The van der Waals surface area contributed by atoms with Crippen molar-refractivity contribution in [2.75, 3.05) is 13.1 Å². The lowest BCUT2D eigenvalue weighted by Gasteiger charge is -2.19. The lowest BCUT2D eigenvalue weighted by molar-refractivity contribution is -0.155. The van der Waals surface area contributed by atoms with E-state index in [0.29, 0.717) is 4.90 Å². The third kappa shape index (κ3) is 4.60. The summed E-state index contributed by atoms with van der Waals surface area (Å²) in [6.45, 7) is -2.58. The largest absolute Gasteiger partial charge is 0.480 e. The zero-order valence-corrected chi connectivity index (χ0v) is 10.5. The molecule has 0 amide bonds. The molecule has 7 nitrogen and oxygen atoms in total. The number of rotatable bonds is 6. The van der Waals surface area contributed by atoms with Gasteiger partial charge in [0.1, 0.15) is 0 Å². The van der Waals surface area contributed by atoms with Gasteiger partial charge in [0, 0.05) is 0 Å². The maximum absolute atomic E-state index is 12.4. The molecule has 0 aromatic carbocycles. The summed E-state index contributed by atoms with van der Waals surface area (Å²) in [6.07, 6.45) is -3.15. The molecule has 2 aromatic heterocycles. The molecule has 0 aliphatic rings. The van der Waals surface area contributed by atoms with Crippen LogP contribution in [0.25, 0.3) is 11.7 Å². The van der Waals surface area contributed by atoms with Crippen LogP contribution in [-0.4, -0.2) is 45.4 Å². The number of aliphatic carboxylic acids is 1. The second-order valence-corrected chi connectivity index (χ2v) is 4.15. The summed E-state index contributed by atoms with van der Waals surface area (Å²) in [5.41, 5.74) is 0. The molecule has 2 heterocycles. The molecule has 0 spiro atoms. The Hall–Kier alpha value is -2.36. The third-order valence-electron chi connectivity index (χ3n) is 2.33. The first kappa shape index (κ1) is 15.0. The normalized spacial score (nSPS) is 12.0. The van der Waals surface area contributed by atoms with E-state index in [0.717, 1.165) is 0 Å². The Morgan fingerprint density at radius 3 is 2.76 bits per heavy atom. The van der Waals surface area contributed by atoms with Gasteiger partial charge in [-0.15, -0.1) is 0 Å². The minimum atomic E-state index is -4.52. The summed E-state index contributed by atoms with van der Waals surface area (Å²) in [5.74, 6) is -1.16. The fraction of sp³-hybridized carbons (Fsp3) is 0.364. The first-order valence-electron chi connectivity index (χ1n) is 5.71. The van der Waals surface area contributed by atoms with Gasteiger partial charge in [0.25, 0.3) is 5.89 Å². The Labute approximate surface area is 116 Å². The molecule has 10 heteroatoms. The van der Waals surface area contributed by atoms with Crippen molar-refractivity contribution in [2.45, 2.75) is 12.7 Å². The average molecular weight is 305 g/mol. The van der Waals surface area contributed by atoms with Crippen molar-refractivity contribution in [3.63, 3.8) is 0 Å².